The third kappa shape index (κ3) is 3.18. The minimum Gasteiger partial charge on any atom is -0.306 e. The number of fused-ring (bicyclic) bond motifs is 1. The monoisotopic (exact) mass is 385 g/mol. The number of aromatic nitrogens is 2. The number of carbonyl (C=O) groups is 1. The van der Waals surface area contributed by atoms with Crippen LogP contribution in [0.25, 0.3) is 5.69 Å². The molecule has 0 fully saturated rings. The number of rotatable bonds is 3. The molecule has 5 nitrogen and oxygen atoms in total. The molecule has 132 valence electrons. The van der Waals surface area contributed by atoms with Gasteiger partial charge in [0.15, 0.2) is 0 Å². The molecule has 7 heteroatoms. The number of halogens is 1. The average molecular weight is 386 g/mol. The van der Waals surface area contributed by atoms with Gasteiger partial charge in [-0.2, -0.15) is 5.10 Å². The Morgan fingerprint density at radius 1 is 1.19 bits per heavy atom. The summed E-state index contributed by atoms with van der Waals surface area (Å²) in [5.74, 6) is 1.11. The second kappa shape index (κ2) is 6.70. The highest BCUT2D eigenvalue weighted by atomic mass is 35.5. The Kier molecular flexibility index (Phi) is 4.38. The van der Waals surface area contributed by atoms with E-state index in [1.54, 1.807) is 28.9 Å². The highest BCUT2D eigenvalue weighted by Gasteiger charge is 2.28. The van der Waals surface area contributed by atoms with Gasteiger partial charge in [0.2, 0.25) is 0 Å². The van der Waals surface area contributed by atoms with Gasteiger partial charge in [0.05, 0.1) is 22.9 Å². The Labute approximate surface area is 158 Å². The van der Waals surface area contributed by atoms with E-state index in [2.05, 4.69) is 10.4 Å². The first kappa shape index (κ1) is 17.0. The molecule has 1 aliphatic heterocycles. The molecule has 0 spiro atoms. The van der Waals surface area contributed by atoms with Crippen molar-refractivity contribution in [3.05, 3.63) is 75.9 Å². The summed E-state index contributed by atoms with van der Waals surface area (Å²) in [4.78, 5) is 12.7. The minimum absolute atomic E-state index is 0.228. The van der Waals surface area contributed by atoms with Gasteiger partial charge in [-0.25, -0.2) is 4.68 Å². The number of hydrogen-bond acceptors (Lipinski definition) is 3. The largest absolute Gasteiger partial charge is 0.306 e. The second-order valence-electron chi connectivity index (χ2n) is 6.21. The quantitative estimate of drug-likeness (QED) is 0.744. The fourth-order valence-corrected chi connectivity index (χ4v) is 4.38. The van der Waals surface area contributed by atoms with Crippen LogP contribution < -0.4 is 5.32 Å². The van der Waals surface area contributed by atoms with Crippen LogP contribution in [0.2, 0.25) is 5.02 Å². The number of hydrogen-bond donors (Lipinski definition) is 1. The van der Waals surface area contributed by atoms with Crippen LogP contribution in [0.4, 0.5) is 5.82 Å². The molecule has 2 heterocycles. The van der Waals surface area contributed by atoms with Crippen molar-refractivity contribution in [3.8, 4) is 5.69 Å². The van der Waals surface area contributed by atoms with Crippen molar-refractivity contribution in [2.75, 3.05) is 5.32 Å². The summed E-state index contributed by atoms with van der Waals surface area (Å²) in [7, 11) is -0.983. The summed E-state index contributed by atoms with van der Waals surface area (Å²) in [5.41, 5.74) is 3.97. The Hall–Kier alpha value is -2.44. The smallest absolute Gasteiger partial charge is 0.256 e. The van der Waals surface area contributed by atoms with Crippen molar-refractivity contribution in [3.63, 3.8) is 0 Å². The Morgan fingerprint density at radius 2 is 1.96 bits per heavy atom. The first-order valence-corrected chi connectivity index (χ1v) is 9.97. The van der Waals surface area contributed by atoms with Crippen LogP contribution in [0.1, 0.15) is 27.2 Å². The van der Waals surface area contributed by atoms with Crippen LogP contribution in [0, 0.1) is 6.92 Å². The van der Waals surface area contributed by atoms with Gasteiger partial charge >= 0.3 is 0 Å². The predicted octanol–water partition coefficient (Wildman–Crippen LogP) is 3.85. The van der Waals surface area contributed by atoms with Crippen molar-refractivity contribution in [1.82, 2.24) is 9.78 Å². The molecule has 0 radical (unpaired) electrons. The second-order valence-corrected chi connectivity index (χ2v) is 8.11. The summed E-state index contributed by atoms with van der Waals surface area (Å²) in [6.45, 7) is 1.97. The third-order valence-electron chi connectivity index (χ3n) is 4.27. The van der Waals surface area contributed by atoms with Gasteiger partial charge in [0.25, 0.3) is 5.91 Å². The number of aryl methyl sites for hydroxylation is 1. The van der Waals surface area contributed by atoms with E-state index in [1.165, 1.54) is 0 Å². The van der Waals surface area contributed by atoms with Gasteiger partial charge in [-0.15, -0.1) is 0 Å². The van der Waals surface area contributed by atoms with E-state index in [9.17, 15) is 9.00 Å². The molecule has 2 aromatic carbocycles. The van der Waals surface area contributed by atoms with Crippen molar-refractivity contribution >= 4 is 34.1 Å². The summed E-state index contributed by atoms with van der Waals surface area (Å²) < 4.78 is 13.6. The number of carbonyl (C=O) groups excluding carboxylic acids is 1. The van der Waals surface area contributed by atoms with Gasteiger partial charge in [-0.05, 0) is 37.3 Å². The van der Waals surface area contributed by atoms with Gasteiger partial charge < -0.3 is 5.32 Å². The molecule has 1 atom stereocenters. The SMILES string of the molecule is Cc1ccc(C(=O)Nc2c3c(nn2-c2cccc(Cl)c2)CS(=O)C3)cc1. The van der Waals surface area contributed by atoms with E-state index >= 15 is 0 Å². The molecular weight excluding hydrogens is 370 g/mol. The molecule has 1 aliphatic rings. The molecule has 26 heavy (non-hydrogen) atoms. The van der Waals surface area contributed by atoms with Gasteiger partial charge in [-0.3, -0.25) is 9.00 Å². The van der Waals surface area contributed by atoms with Crippen molar-refractivity contribution in [2.45, 2.75) is 18.4 Å². The zero-order valence-electron chi connectivity index (χ0n) is 14.0. The minimum atomic E-state index is -0.983. The highest BCUT2D eigenvalue weighted by Crippen LogP contribution is 2.32. The molecular formula is C19H16ClN3O2S. The lowest BCUT2D eigenvalue weighted by Gasteiger charge is -2.11. The summed E-state index contributed by atoms with van der Waals surface area (Å²) in [6, 6.07) is 14.6. The molecule has 4 rings (SSSR count). The number of benzene rings is 2. The zero-order chi connectivity index (χ0) is 18.3. The van der Waals surface area contributed by atoms with E-state index in [4.69, 9.17) is 11.6 Å². The number of nitrogens with zero attached hydrogens (tertiary/aromatic N) is 2. The Morgan fingerprint density at radius 3 is 2.69 bits per heavy atom. The van der Waals surface area contributed by atoms with Crippen LogP contribution >= 0.6 is 11.6 Å². The average Bonchev–Trinajstić information content (AvgIpc) is 3.12. The summed E-state index contributed by atoms with van der Waals surface area (Å²) in [6.07, 6.45) is 0. The third-order valence-corrected chi connectivity index (χ3v) is 5.71. The summed E-state index contributed by atoms with van der Waals surface area (Å²) >= 11 is 6.10. The Balaban J connectivity index is 1.75. The molecule has 1 aromatic heterocycles. The van der Waals surface area contributed by atoms with Crippen LogP contribution in [-0.4, -0.2) is 19.9 Å². The zero-order valence-corrected chi connectivity index (χ0v) is 15.6. The normalized spacial score (nSPS) is 15.7. The van der Waals surface area contributed by atoms with Crippen LogP contribution in [-0.2, 0) is 22.3 Å². The van der Waals surface area contributed by atoms with Crippen molar-refractivity contribution < 1.29 is 9.00 Å². The maximum atomic E-state index is 12.7. The maximum Gasteiger partial charge on any atom is 0.256 e. The van der Waals surface area contributed by atoms with Crippen molar-refractivity contribution in [2.24, 2.45) is 0 Å². The lowest BCUT2D eigenvalue weighted by atomic mass is 10.1. The molecule has 1 amide bonds. The molecule has 3 aromatic rings. The van der Waals surface area contributed by atoms with Gasteiger partial charge in [-0.1, -0.05) is 35.4 Å². The van der Waals surface area contributed by atoms with E-state index in [-0.39, 0.29) is 5.91 Å². The molecule has 0 saturated carbocycles. The van der Waals surface area contributed by atoms with E-state index < -0.39 is 10.8 Å². The van der Waals surface area contributed by atoms with Gasteiger partial charge in [0, 0.05) is 26.9 Å². The highest BCUT2D eigenvalue weighted by molar-refractivity contribution is 7.83. The predicted molar refractivity (Wildman–Crippen MR) is 103 cm³/mol. The lowest BCUT2D eigenvalue weighted by molar-refractivity contribution is 0.102. The first-order valence-electron chi connectivity index (χ1n) is 8.11. The van der Waals surface area contributed by atoms with Gasteiger partial charge in [0.1, 0.15) is 5.82 Å². The lowest BCUT2D eigenvalue weighted by Crippen LogP contribution is -2.16. The van der Waals surface area contributed by atoms with E-state index in [0.717, 1.165) is 22.5 Å². The maximum absolute atomic E-state index is 12.7. The van der Waals surface area contributed by atoms with E-state index in [1.807, 2.05) is 31.2 Å². The number of anilines is 1. The molecule has 0 aliphatic carbocycles. The van der Waals surface area contributed by atoms with Crippen LogP contribution in [0.3, 0.4) is 0 Å². The fourth-order valence-electron chi connectivity index (χ4n) is 2.94. The molecule has 0 saturated heterocycles. The molecule has 0 bridgehead atoms. The van der Waals surface area contributed by atoms with Crippen LogP contribution in [0.15, 0.2) is 48.5 Å². The Bertz CT molecular complexity index is 1030. The van der Waals surface area contributed by atoms with Crippen molar-refractivity contribution in [1.29, 1.82) is 0 Å². The molecule has 1 N–H and O–H groups in total. The molecule has 1 unspecified atom stereocenters. The topological polar surface area (TPSA) is 64.0 Å². The summed E-state index contributed by atoms with van der Waals surface area (Å²) in [5, 5.41) is 8.09. The number of amides is 1. The number of nitrogens with one attached hydrogen (secondary N) is 1. The standard InChI is InChI=1S/C19H16ClN3O2S/c1-12-5-7-13(8-6-12)19(24)21-18-16-10-26(25)11-17(16)22-23(18)15-4-2-3-14(20)9-15/h2-9H,10-11H2,1H3,(H,21,24). The van der Waals surface area contributed by atoms with E-state index in [0.29, 0.717) is 27.9 Å². The van der Waals surface area contributed by atoms with Crippen LogP contribution in [0.5, 0.6) is 0 Å². The fraction of sp³-hybridized carbons (Fsp3) is 0.158. The first-order chi connectivity index (χ1) is 12.5.